The zero-order chi connectivity index (χ0) is 18.4. The maximum absolute atomic E-state index is 13.0. The number of nitrogens with two attached hydrogens (primary N) is 1. The third-order valence-electron chi connectivity index (χ3n) is 3.58. The lowest BCUT2D eigenvalue weighted by Gasteiger charge is -2.21. The molecule has 0 fully saturated rings. The van der Waals surface area contributed by atoms with Crippen LogP contribution in [0.4, 0.5) is 18.9 Å². The molecule has 4 nitrogen and oxygen atoms in total. The van der Waals surface area contributed by atoms with E-state index >= 15 is 0 Å². The Labute approximate surface area is 143 Å². The fourth-order valence-electron chi connectivity index (χ4n) is 2.24. The van der Waals surface area contributed by atoms with Gasteiger partial charge in [0.1, 0.15) is 11.9 Å². The Bertz CT molecular complexity index is 732. The number of carbonyl (C=O) groups excluding carboxylic acids is 1. The minimum Gasteiger partial charge on any atom is -0.488 e. The number of halogens is 3. The quantitative estimate of drug-likeness (QED) is 0.776. The molecule has 2 aromatic rings. The van der Waals surface area contributed by atoms with E-state index in [9.17, 15) is 18.0 Å². The van der Waals surface area contributed by atoms with Crippen molar-refractivity contribution in [2.45, 2.75) is 25.6 Å². The van der Waals surface area contributed by atoms with Crippen molar-refractivity contribution in [2.24, 2.45) is 0 Å². The van der Waals surface area contributed by atoms with Crippen molar-refractivity contribution in [2.75, 3.05) is 12.3 Å². The number of hydrogen-bond acceptors (Lipinski definition) is 3. The van der Waals surface area contributed by atoms with Crippen molar-refractivity contribution >= 4 is 11.6 Å². The maximum atomic E-state index is 13.0. The van der Waals surface area contributed by atoms with Crippen LogP contribution in [-0.4, -0.2) is 18.6 Å². The van der Waals surface area contributed by atoms with Gasteiger partial charge in [0.15, 0.2) is 0 Å². The van der Waals surface area contributed by atoms with E-state index in [0.717, 1.165) is 6.07 Å². The molecule has 2 aromatic carbocycles. The van der Waals surface area contributed by atoms with Crippen LogP contribution in [0.3, 0.4) is 0 Å². The van der Waals surface area contributed by atoms with Gasteiger partial charge in [-0.15, -0.1) is 0 Å². The third-order valence-corrected chi connectivity index (χ3v) is 3.58. The molecule has 0 aliphatic heterocycles. The van der Waals surface area contributed by atoms with E-state index in [-0.39, 0.29) is 18.2 Å². The zero-order valence-corrected chi connectivity index (χ0v) is 13.6. The topological polar surface area (TPSA) is 64.4 Å². The summed E-state index contributed by atoms with van der Waals surface area (Å²) in [6.45, 7) is 1.85. The number of carbonyl (C=O) groups is 1. The summed E-state index contributed by atoms with van der Waals surface area (Å²) >= 11 is 0. The third kappa shape index (κ3) is 5.14. The molecule has 0 saturated carbocycles. The molecule has 0 heterocycles. The highest BCUT2D eigenvalue weighted by Crippen LogP contribution is 2.36. The number of alkyl halides is 3. The molecule has 1 amide bonds. The summed E-state index contributed by atoms with van der Waals surface area (Å²) in [5.41, 5.74) is 5.62. The zero-order valence-electron chi connectivity index (χ0n) is 13.6. The molecule has 0 aromatic heterocycles. The first-order valence-corrected chi connectivity index (χ1v) is 7.78. The minimum atomic E-state index is -4.50. The Morgan fingerprint density at radius 2 is 1.92 bits per heavy atom. The summed E-state index contributed by atoms with van der Waals surface area (Å²) in [7, 11) is 0. The van der Waals surface area contributed by atoms with E-state index in [1.807, 2.05) is 0 Å². The molecule has 25 heavy (non-hydrogen) atoms. The largest absolute Gasteiger partial charge is 0.488 e. The molecular formula is C18H19F3N2O2. The minimum absolute atomic E-state index is 0.0797. The first kappa shape index (κ1) is 18.6. The molecule has 2 rings (SSSR count). The molecule has 7 heteroatoms. The molecule has 1 atom stereocenters. The first-order valence-electron chi connectivity index (χ1n) is 7.78. The number of benzene rings is 2. The van der Waals surface area contributed by atoms with Crippen molar-refractivity contribution in [3.63, 3.8) is 0 Å². The van der Waals surface area contributed by atoms with E-state index in [0.29, 0.717) is 17.7 Å². The standard InChI is InChI=1S/C18H19F3N2O2/c1-2-14(11-23-17(24)12-6-5-7-13(22)10-12)25-16-9-4-3-8-15(16)18(19,20)21/h3-10,14H,2,11,22H2,1H3,(H,23,24). The average molecular weight is 352 g/mol. The highest BCUT2D eigenvalue weighted by atomic mass is 19.4. The highest BCUT2D eigenvalue weighted by molar-refractivity contribution is 5.94. The van der Waals surface area contributed by atoms with Crippen LogP contribution in [0, 0.1) is 0 Å². The van der Waals surface area contributed by atoms with Crippen LogP contribution in [0.15, 0.2) is 48.5 Å². The van der Waals surface area contributed by atoms with E-state index in [1.165, 1.54) is 24.3 Å². The lowest BCUT2D eigenvalue weighted by atomic mass is 10.1. The van der Waals surface area contributed by atoms with E-state index in [1.54, 1.807) is 25.1 Å². The van der Waals surface area contributed by atoms with Gasteiger partial charge < -0.3 is 15.8 Å². The number of rotatable bonds is 6. The summed E-state index contributed by atoms with van der Waals surface area (Å²) in [4.78, 5) is 12.1. The summed E-state index contributed by atoms with van der Waals surface area (Å²) < 4.78 is 44.5. The summed E-state index contributed by atoms with van der Waals surface area (Å²) in [6, 6.07) is 11.4. The molecule has 134 valence electrons. The van der Waals surface area contributed by atoms with Gasteiger partial charge in [0.05, 0.1) is 12.1 Å². The van der Waals surface area contributed by atoms with Gasteiger partial charge >= 0.3 is 6.18 Å². The van der Waals surface area contributed by atoms with Crippen LogP contribution in [0.2, 0.25) is 0 Å². The monoisotopic (exact) mass is 352 g/mol. The fourth-order valence-corrected chi connectivity index (χ4v) is 2.24. The SMILES string of the molecule is CCC(CNC(=O)c1cccc(N)c1)Oc1ccccc1C(F)(F)F. The molecule has 0 spiro atoms. The highest BCUT2D eigenvalue weighted by Gasteiger charge is 2.34. The number of para-hydroxylation sites is 1. The number of nitrogen functional groups attached to an aromatic ring is 1. The molecule has 0 aliphatic carbocycles. The van der Waals surface area contributed by atoms with E-state index in [4.69, 9.17) is 10.5 Å². The van der Waals surface area contributed by atoms with Crippen molar-refractivity contribution < 1.29 is 22.7 Å². The smallest absolute Gasteiger partial charge is 0.419 e. The molecule has 3 N–H and O–H groups in total. The van der Waals surface area contributed by atoms with Crippen LogP contribution in [-0.2, 0) is 6.18 Å². The molecule has 0 radical (unpaired) electrons. The van der Waals surface area contributed by atoms with E-state index < -0.39 is 17.8 Å². The summed E-state index contributed by atoms with van der Waals surface area (Å²) in [5.74, 6) is -0.612. The summed E-state index contributed by atoms with van der Waals surface area (Å²) in [5, 5.41) is 2.65. The van der Waals surface area contributed by atoms with Crippen LogP contribution in [0.25, 0.3) is 0 Å². The van der Waals surface area contributed by atoms with Gasteiger partial charge in [-0.2, -0.15) is 13.2 Å². The van der Waals surface area contributed by atoms with E-state index in [2.05, 4.69) is 5.32 Å². The molecule has 0 aliphatic rings. The first-order chi connectivity index (χ1) is 11.8. The lowest BCUT2D eigenvalue weighted by Crippen LogP contribution is -2.35. The Morgan fingerprint density at radius 3 is 2.56 bits per heavy atom. The van der Waals surface area contributed by atoms with Gasteiger partial charge in [-0.3, -0.25) is 4.79 Å². The second-order valence-electron chi connectivity index (χ2n) is 5.48. The van der Waals surface area contributed by atoms with Gasteiger partial charge in [-0.05, 0) is 36.8 Å². The van der Waals surface area contributed by atoms with Gasteiger partial charge in [0.25, 0.3) is 5.91 Å². The number of hydrogen-bond donors (Lipinski definition) is 2. The van der Waals surface area contributed by atoms with Crippen LogP contribution < -0.4 is 15.8 Å². The van der Waals surface area contributed by atoms with Gasteiger partial charge in [0.2, 0.25) is 0 Å². The Morgan fingerprint density at radius 1 is 1.20 bits per heavy atom. The molecular weight excluding hydrogens is 333 g/mol. The van der Waals surface area contributed by atoms with Crippen molar-refractivity contribution in [3.8, 4) is 5.75 Å². The van der Waals surface area contributed by atoms with Crippen molar-refractivity contribution in [3.05, 3.63) is 59.7 Å². The predicted molar refractivity (Wildman–Crippen MR) is 89.3 cm³/mol. The fraction of sp³-hybridized carbons (Fsp3) is 0.278. The Hall–Kier alpha value is -2.70. The summed E-state index contributed by atoms with van der Waals surface area (Å²) in [6.07, 6.45) is -4.66. The number of amides is 1. The number of nitrogens with one attached hydrogen (secondary N) is 1. The Kier molecular flexibility index (Phi) is 5.90. The predicted octanol–water partition coefficient (Wildman–Crippen LogP) is 3.88. The average Bonchev–Trinajstić information content (AvgIpc) is 2.57. The lowest BCUT2D eigenvalue weighted by molar-refractivity contribution is -0.139. The maximum Gasteiger partial charge on any atom is 0.419 e. The van der Waals surface area contributed by atoms with Crippen LogP contribution >= 0.6 is 0 Å². The van der Waals surface area contributed by atoms with Crippen molar-refractivity contribution in [1.82, 2.24) is 5.32 Å². The van der Waals surface area contributed by atoms with Crippen LogP contribution in [0.1, 0.15) is 29.3 Å². The van der Waals surface area contributed by atoms with Gasteiger partial charge in [-0.25, -0.2) is 0 Å². The van der Waals surface area contributed by atoms with Crippen LogP contribution in [0.5, 0.6) is 5.75 Å². The van der Waals surface area contributed by atoms with Crippen molar-refractivity contribution in [1.29, 1.82) is 0 Å². The molecule has 0 bridgehead atoms. The second-order valence-corrected chi connectivity index (χ2v) is 5.48. The number of anilines is 1. The molecule has 1 unspecified atom stereocenters. The second kappa shape index (κ2) is 7.92. The van der Waals surface area contributed by atoms with Gasteiger partial charge in [0, 0.05) is 11.3 Å². The molecule has 0 saturated heterocycles. The van der Waals surface area contributed by atoms with Gasteiger partial charge in [-0.1, -0.05) is 25.1 Å². The normalized spacial score (nSPS) is 12.5. The number of ether oxygens (including phenoxy) is 1. The Balaban J connectivity index is 2.03.